The number of rotatable bonds is 15. The van der Waals surface area contributed by atoms with E-state index in [1.807, 2.05) is 84.9 Å². The summed E-state index contributed by atoms with van der Waals surface area (Å²) in [6.45, 7) is 20.4. The average Bonchev–Trinajstić information content (AvgIpc) is 3.44. The van der Waals surface area contributed by atoms with Crippen LogP contribution in [0.3, 0.4) is 0 Å². The van der Waals surface area contributed by atoms with Crippen molar-refractivity contribution in [1.29, 1.82) is 0 Å². The number of likely N-dealkylation sites (N-methyl/N-ethyl adjacent to an activating group) is 2. The van der Waals surface area contributed by atoms with E-state index in [1.54, 1.807) is 42.5 Å². The molecule has 0 aliphatic carbocycles. The van der Waals surface area contributed by atoms with Gasteiger partial charge in [0, 0.05) is 69.0 Å². The molecule has 6 aromatic carbocycles. The Kier molecular flexibility index (Phi) is 17.4. The predicted octanol–water partition coefficient (Wildman–Crippen LogP) is 10.7. The van der Waals surface area contributed by atoms with E-state index in [-0.39, 0.29) is 27.7 Å². The number of ether oxygens (including phenoxy) is 3. The van der Waals surface area contributed by atoms with Crippen molar-refractivity contribution in [2.45, 2.75) is 77.8 Å². The molecule has 8 rings (SSSR count). The number of carbonyl (C=O) groups excluding carboxylic acids is 1. The molecular weight excluding hydrogens is 953 g/mol. The normalized spacial score (nSPS) is 15.4. The maximum atomic E-state index is 13.6. The van der Waals surface area contributed by atoms with Crippen LogP contribution in [0.1, 0.15) is 119 Å². The van der Waals surface area contributed by atoms with Gasteiger partial charge in [0.05, 0.1) is 23.0 Å². The zero-order valence-electron chi connectivity index (χ0n) is 45.2. The zero-order valence-corrected chi connectivity index (χ0v) is 45.2. The molecule has 2 saturated heterocycles. The Labute approximate surface area is 448 Å². The summed E-state index contributed by atoms with van der Waals surface area (Å²) in [6, 6.07) is 39.1. The van der Waals surface area contributed by atoms with E-state index in [9.17, 15) is 24.9 Å². The number of carboxylic acids is 1. The van der Waals surface area contributed by atoms with Gasteiger partial charge < -0.3 is 49.1 Å². The second-order valence-electron chi connectivity index (χ2n) is 22.0. The van der Waals surface area contributed by atoms with Crippen molar-refractivity contribution in [3.05, 3.63) is 189 Å². The monoisotopic (exact) mass is 1020 g/mol. The quantitative estimate of drug-likeness (QED) is 0.0513. The Morgan fingerprint density at radius 2 is 1.11 bits per heavy atom. The molecule has 2 heterocycles. The van der Waals surface area contributed by atoms with Gasteiger partial charge in [-0.25, -0.2) is 9.59 Å². The Balaban J connectivity index is 0.996. The molecule has 0 bridgehead atoms. The highest BCUT2D eigenvalue weighted by atomic mass is 16.5. The first-order chi connectivity index (χ1) is 36.3. The van der Waals surface area contributed by atoms with Gasteiger partial charge in [-0.1, -0.05) is 132 Å². The van der Waals surface area contributed by atoms with Crippen LogP contribution in [-0.2, 0) is 24.0 Å². The number of nitrogens with zero attached hydrogens (tertiary/aromatic N) is 4. The van der Waals surface area contributed by atoms with E-state index < -0.39 is 24.1 Å². The van der Waals surface area contributed by atoms with E-state index in [0.29, 0.717) is 35.5 Å². The fourth-order valence-corrected chi connectivity index (χ4v) is 9.34. The van der Waals surface area contributed by atoms with Gasteiger partial charge in [0.25, 0.3) is 0 Å². The first-order valence-electron chi connectivity index (χ1n) is 26.1. The molecule has 0 aromatic heterocycles. The van der Waals surface area contributed by atoms with Crippen LogP contribution in [0.2, 0.25) is 0 Å². The summed E-state index contributed by atoms with van der Waals surface area (Å²) >= 11 is 0. The van der Waals surface area contributed by atoms with E-state index in [4.69, 9.17) is 14.2 Å². The van der Waals surface area contributed by atoms with Crippen LogP contribution in [0.25, 0.3) is 6.08 Å². The molecule has 2 unspecified atom stereocenters. The molecule has 2 aliphatic rings. The highest BCUT2D eigenvalue weighted by Gasteiger charge is 2.30. The number of anilines is 2. The Bertz CT molecular complexity index is 3060. The molecule has 2 aliphatic heterocycles. The molecule has 0 radical (unpaired) electrons. The number of carboxylic acid groups (broad SMARTS) is 1. The smallest absolute Gasteiger partial charge is 0.343 e. The van der Waals surface area contributed by atoms with Gasteiger partial charge in [0.1, 0.15) is 42.1 Å². The summed E-state index contributed by atoms with van der Waals surface area (Å²) in [5, 5.41) is 33.5. The SMILES string of the molecule is CN1CCN(c2cc(C(O)C#Cc3ccc(C(=O)Oc4cc(C=CC(O)c5cc(N6CCN(C)CC6)c(OCc6ccccc6)c(C(C)(C)C)c5)ccc4C(=O)O)cc3)cc(C(C)(C)C)c2OCc2ccccc2)CC1. The Morgan fingerprint density at radius 1 is 0.618 bits per heavy atom. The average molecular weight is 1030 g/mol. The molecule has 0 spiro atoms. The molecular formula is C64H72N4O8. The molecule has 2 fully saturated rings. The third-order valence-corrected chi connectivity index (χ3v) is 14.0. The van der Waals surface area contributed by atoms with Crippen molar-refractivity contribution in [2.24, 2.45) is 0 Å². The number of aromatic carboxylic acids is 1. The number of esters is 1. The van der Waals surface area contributed by atoms with Crippen LogP contribution >= 0.6 is 0 Å². The lowest BCUT2D eigenvalue weighted by Crippen LogP contribution is -2.44. The van der Waals surface area contributed by atoms with Crippen LogP contribution in [0, 0.1) is 11.8 Å². The summed E-state index contributed by atoms with van der Waals surface area (Å²) in [4.78, 5) is 35.3. The third-order valence-electron chi connectivity index (χ3n) is 14.0. The molecule has 12 nitrogen and oxygen atoms in total. The minimum atomic E-state index is -1.26. The summed E-state index contributed by atoms with van der Waals surface area (Å²) in [7, 11) is 4.23. The van der Waals surface area contributed by atoms with Gasteiger partial charge in [-0.3, -0.25) is 0 Å². The molecule has 12 heteroatoms. The van der Waals surface area contributed by atoms with Gasteiger partial charge in [0.15, 0.2) is 0 Å². The van der Waals surface area contributed by atoms with Gasteiger partial charge in [-0.2, -0.15) is 0 Å². The largest absolute Gasteiger partial charge is 0.486 e. The minimum Gasteiger partial charge on any atom is -0.486 e. The molecule has 6 aromatic rings. The van der Waals surface area contributed by atoms with Crippen LogP contribution < -0.4 is 24.0 Å². The molecule has 76 heavy (non-hydrogen) atoms. The van der Waals surface area contributed by atoms with Gasteiger partial charge >= 0.3 is 11.9 Å². The summed E-state index contributed by atoms with van der Waals surface area (Å²) in [5.41, 5.74) is 7.69. The highest BCUT2D eigenvalue weighted by molar-refractivity contribution is 5.96. The molecule has 0 saturated carbocycles. The number of aliphatic hydroxyl groups is 2. The van der Waals surface area contributed by atoms with E-state index in [1.165, 1.54) is 12.1 Å². The lowest BCUT2D eigenvalue weighted by Gasteiger charge is -2.37. The van der Waals surface area contributed by atoms with Crippen LogP contribution in [-0.4, -0.2) is 104 Å². The lowest BCUT2D eigenvalue weighted by molar-refractivity contribution is 0.0681. The van der Waals surface area contributed by atoms with Crippen LogP contribution in [0.5, 0.6) is 17.2 Å². The number of carbonyl (C=O) groups is 2. The van der Waals surface area contributed by atoms with Crippen molar-refractivity contribution in [1.82, 2.24) is 9.80 Å². The number of benzene rings is 6. The molecule has 3 N–H and O–H groups in total. The van der Waals surface area contributed by atoms with Gasteiger partial charge in [-0.15, -0.1) is 0 Å². The first kappa shape index (κ1) is 54.8. The van der Waals surface area contributed by atoms with E-state index in [0.717, 1.165) is 97.5 Å². The Hall–Kier alpha value is -7.40. The lowest BCUT2D eigenvalue weighted by atomic mass is 9.84. The molecule has 396 valence electrons. The predicted molar refractivity (Wildman–Crippen MR) is 302 cm³/mol. The molecule has 2 atom stereocenters. The van der Waals surface area contributed by atoms with Crippen molar-refractivity contribution in [3.8, 4) is 29.1 Å². The molecule has 0 amide bonds. The van der Waals surface area contributed by atoms with Crippen molar-refractivity contribution < 1.29 is 39.1 Å². The summed E-state index contributed by atoms with van der Waals surface area (Å²) in [5.74, 6) is 5.53. The summed E-state index contributed by atoms with van der Waals surface area (Å²) < 4.78 is 19.1. The fourth-order valence-electron chi connectivity index (χ4n) is 9.34. The van der Waals surface area contributed by atoms with E-state index in [2.05, 4.69) is 87.1 Å². The second-order valence-corrected chi connectivity index (χ2v) is 22.0. The van der Waals surface area contributed by atoms with Crippen molar-refractivity contribution in [2.75, 3.05) is 76.3 Å². The number of hydrogen-bond donors (Lipinski definition) is 3. The van der Waals surface area contributed by atoms with E-state index >= 15 is 0 Å². The van der Waals surface area contributed by atoms with Crippen molar-refractivity contribution >= 4 is 29.4 Å². The van der Waals surface area contributed by atoms with Crippen molar-refractivity contribution in [3.63, 3.8) is 0 Å². The van der Waals surface area contributed by atoms with Crippen LogP contribution in [0.4, 0.5) is 11.4 Å². The van der Waals surface area contributed by atoms with Gasteiger partial charge in [-0.05, 0) is 113 Å². The highest BCUT2D eigenvalue weighted by Crippen LogP contribution is 2.44. The zero-order chi connectivity index (χ0) is 54.1. The third kappa shape index (κ3) is 13.9. The number of aliphatic hydroxyl groups excluding tert-OH is 2. The standard InChI is InChI=1S/C64H72N4O8/c1-63(2,3)52-38-49(40-54(67-33-29-65(7)30-34-67)59(52)74-42-46-15-11-9-12-16-46)56(69)27-22-44-19-24-48(25-20-44)62(73)76-58-37-45(21-26-51(58)61(71)72)23-28-57(70)50-39-53(64(4,5)6)60(75-43-47-17-13-10-14-18-47)55(41-50)68-35-31-66(8)32-36-68/h9-21,23-26,28,37-41,56-57,69-70H,29-36,42-43H2,1-8H3,(H,71,72). The fraction of sp³-hybridized carbons (Fsp3) is 0.344. The topological polar surface area (TPSA) is 135 Å². The number of piperazine rings is 2. The van der Waals surface area contributed by atoms with Gasteiger partial charge in [0.2, 0.25) is 0 Å². The minimum absolute atomic E-state index is 0.143. The maximum absolute atomic E-state index is 13.6. The number of hydrogen-bond acceptors (Lipinski definition) is 11. The van der Waals surface area contributed by atoms with Crippen LogP contribution in [0.15, 0.2) is 133 Å². The first-order valence-corrected chi connectivity index (χ1v) is 26.1. The maximum Gasteiger partial charge on any atom is 0.343 e. The Morgan fingerprint density at radius 3 is 1.59 bits per heavy atom. The summed E-state index contributed by atoms with van der Waals surface area (Å²) in [6.07, 6.45) is 1.18. The second kappa shape index (κ2) is 24.1.